The van der Waals surface area contributed by atoms with Crippen LogP contribution in [0.5, 0.6) is 0 Å². The monoisotopic (exact) mass is 326 g/mol. The van der Waals surface area contributed by atoms with Crippen LogP contribution >= 0.6 is 0 Å². The minimum absolute atomic E-state index is 0.130. The second-order valence-corrected chi connectivity index (χ2v) is 10.3. The second kappa shape index (κ2) is 8.97. The van der Waals surface area contributed by atoms with Gasteiger partial charge in [0, 0.05) is 0 Å². The van der Waals surface area contributed by atoms with E-state index in [1.165, 1.54) is 70.6 Å². The third-order valence-electron chi connectivity index (χ3n) is 6.58. The summed E-state index contributed by atoms with van der Waals surface area (Å²) in [5, 5.41) is 0. The topological polar surface area (TPSA) is 23.1 Å². The molecular weight excluding hydrogens is 288 g/mol. The largest absolute Gasteiger partial charge is 0.616 e. The molecule has 130 valence electrons. The molecule has 2 aliphatic rings. The zero-order valence-electron chi connectivity index (χ0n) is 15.2. The summed E-state index contributed by atoms with van der Waals surface area (Å²) in [5.41, 5.74) is 0. The lowest BCUT2D eigenvalue weighted by Crippen LogP contribution is -2.42. The molecule has 0 radical (unpaired) electrons. The van der Waals surface area contributed by atoms with E-state index in [1.54, 1.807) is 0 Å². The lowest BCUT2D eigenvalue weighted by atomic mass is 9.69. The van der Waals surface area contributed by atoms with Crippen molar-refractivity contribution in [1.82, 2.24) is 0 Å². The van der Waals surface area contributed by atoms with Gasteiger partial charge in [0.2, 0.25) is 0 Å². The third kappa shape index (κ3) is 4.90. The Labute approximate surface area is 142 Å². The van der Waals surface area contributed by atoms with E-state index in [2.05, 4.69) is 20.8 Å². The van der Waals surface area contributed by atoms with Gasteiger partial charge in [0.1, 0.15) is 10.5 Å². The van der Waals surface area contributed by atoms with Crippen molar-refractivity contribution in [3.8, 4) is 0 Å². The van der Waals surface area contributed by atoms with E-state index < -0.39 is 11.2 Å². The van der Waals surface area contributed by atoms with Gasteiger partial charge in [-0.2, -0.15) is 0 Å². The molecule has 0 heterocycles. The lowest BCUT2D eigenvalue weighted by molar-refractivity contribution is 0.152. The molecule has 0 aliphatic heterocycles. The molecule has 0 spiro atoms. The average Bonchev–Trinajstić information content (AvgIpc) is 2.54. The highest BCUT2D eigenvalue weighted by Gasteiger charge is 2.42. The highest BCUT2D eigenvalue weighted by molar-refractivity contribution is 7.92. The fraction of sp³-hybridized carbons (Fsp3) is 1.00. The van der Waals surface area contributed by atoms with Crippen LogP contribution < -0.4 is 0 Å². The first-order valence-corrected chi connectivity index (χ1v) is 11.3. The maximum Gasteiger partial charge on any atom is 0.122 e. The minimum Gasteiger partial charge on any atom is -0.616 e. The van der Waals surface area contributed by atoms with E-state index in [1.807, 2.05) is 0 Å². The summed E-state index contributed by atoms with van der Waals surface area (Å²) in [4.78, 5) is 0. The van der Waals surface area contributed by atoms with Crippen molar-refractivity contribution in [2.75, 3.05) is 5.75 Å². The Kier molecular flexibility index (Phi) is 7.60. The van der Waals surface area contributed by atoms with E-state index in [9.17, 15) is 4.55 Å². The van der Waals surface area contributed by atoms with Crippen molar-refractivity contribution in [1.29, 1.82) is 0 Å². The second-order valence-electron chi connectivity index (χ2n) is 8.26. The smallest absolute Gasteiger partial charge is 0.122 e. The first-order chi connectivity index (χ1) is 10.6. The molecule has 0 N–H and O–H groups in total. The Balaban J connectivity index is 1.75. The molecule has 2 aliphatic carbocycles. The highest BCUT2D eigenvalue weighted by atomic mass is 32.2. The third-order valence-corrected chi connectivity index (χ3v) is 8.74. The Hall–Kier alpha value is 0.310. The molecule has 1 nitrogen and oxygen atoms in total. The van der Waals surface area contributed by atoms with Crippen LogP contribution in [0.1, 0.15) is 97.8 Å². The molecule has 22 heavy (non-hydrogen) atoms. The molecule has 0 bridgehead atoms. The van der Waals surface area contributed by atoms with Crippen LogP contribution in [0.3, 0.4) is 0 Å². The van der Waals surface area contributed by atoms with Gasteiger partial charge in [-0.3, -0.25) is 0 Å². The molecule has 1 unspecified atom stereocenters. The summed E-state index contributed by atoms with van der Waals surface area (Å²) < 4.78 is 12.7. The summed E-state index contributed by atoms with van der Waals surface area (Å²) in [6, 6.07) is 0. The Morgan fingerprint density at radius 2 is 1.50 bits per heavy atom. The number of rotatable bonds is 7. The molecule has 0 amide bonds. The summed E-state index contributed by atoms with van der Waals surface area (Å²) in [5.74, 6) is 3.89. The first kappa shape index (κ1) is 18.6. The maximum atomic E-state index is 12.6. The van der Waals surface area contributed by atoms with E-state index in [0.29, 0.717) is 0 Å². The van der Waals surface area contributed by atoms with Crippen LogP contribution in [0.4, 0.5) is 0 Å². The quantitative estimate of drug-likeness (QED) is 0.519. The van der Waals surface area contributed by atoms with Crippen LogP contribution in [0.15, 0.2) is 0 Å². The molecule has 0 aromatic rings. The van der Waals surface area contributed by atoms with E-state index in [4.69, 9.17) is 0 Å². The number of hydrogen-bond acceptors (Lipinski definition) is 1. The molecule has 0 aromatic carbocycles. The van der Waals surface area contributed by atoms with Crippen LogP contribution in [0.2, 0.25) is 0 Å². The molecule has 1 atom stereocenters. The highest BCUT2D eigenvalue weighted by Crippen LogP contribution is 2.45. The van der Waals surface area contributed by atoms with Crippen LogP contribution in [0.25, 0.3) is 0 Å². The summed E-state index contributed by atoms with van der Waals surface area (Å²) in [7, 11) is 0. The molecule has 2 heteroatoms. The Morgan fingerprint density at radius 3 is 2.05 bits per heavy atom. The van der Waals surface area contributed by atoms with Gasteiger partial charge in [0.15, 0.2) is 0 Å². The summed E-state index contributed by atoms with van der Waals surface area (Å²) in [6.45, 7) is 6.82. The summed E-state index contributed by atoms with van der Waals surface area (Å²) in [6.07, 6.45) is 16.1. The molecule has 2 fully saturated rings. The zero-order valence-corrected chi connectivity index (χ0v) is 16.1. The van der Waals surface area contributed by atoms with Gasteiger partial charge in [-0.1, -0.05) is 46.0 Å². The first-order valence-electron chi connectivity index (χ1n) is 9.97. The predicted molar refractivity (Wildman–Crippen MR) is 98.6 cm³/mol. The van der Waals surface area contributed by atoms with Crippen molar-refractivity contribution in [3.63, 3.8) is 0 Å². The maximum absolute atomic E-state index is 12.6. The van der Waals surface area contributed by atoms with Gasteiger partial charge in [-0.25, -0.2) is 0 Å². The number of unbranched alkanes of at least 4 members (excludes halogenated alkanes) is 1. The van der Waals surface area contributed by atoms with Gasteiger partial charge >= 0.3 is 0 Å². The van der Waals surface area contributed by atoms with E-state index in [0.717, 1.165) is 29.9 Å². The predicted octanol–water partition coefficient (Wildman–Crippen LogP) is 6.09. The van der Waals surface area contributed by atoms with Crippen molar-refractivity contribution in [2.24, 2.45) is 17.8 Å². The molecule has 0 aromatic heterocycles. The van der Waals surface area contributed by atoms with Crippen molar-refractivity contribution >= 4 is 11.2 Å². The van der Waals surface area contributed by atoms with Gasteiger partial charge in [-0.05, 0) is 80.8 Å². The fourth-order valence-electron chi connectivity index (χ4n) is 4.83. The van der Waals surface area contributed by atoms with E-state index >= 15 is 0 Å². The molecule has 2 saturated carbocycles. The standard InChI is InChI=1S/C20H38OS/c1-4-6-16-22(21)20(3)14-12-19(13-15-20)18-10-8-17(7-5-2)9-11-18/h17-19H,4-16H2,1-3H3. The summed E-state index contributed by atoms with van der Waals surface area (Å²) >= 11 is -0.600. The Bertz CT molecular complexity index is 301. The fourth-order valence-corrected chi connectivity index (χ4v) is 6.56. The normalized spacial score (nSPS) is 37.9. The molecular formula is C20H38OS. The lowest BCUT2D eigenvalue weighted by Gasteiger charge is -2.42. The van der Waals surface area contributed by atoms with Crippen LogP contribution in [0, 0.1) is 17.8 Å². The zero-order chi connectivity index (χ0) is 16.0. The van der Waals surface area contributed by atoms with Gasteiger partial charge in [0.25, 0.3) is 0 Å². The van der Waals surface area contributed by atoms with Gasteiger partial charge < -0.3 is 4.55 Å². The van der Waals surface area contributed by atoms with Crippen molar-refractivity contribution < 1.29 is 4.55 Å². The van der Waals surface area contributed by atoms with Gasteiger partial charge in [0.05, 0.1) is 0 Å². The van der Waals surface area contributed by atoms with Gasteiger partial charge in [-0.15, -0.1) is 0 Å². The van der Waals surface area contributed by atoms with E-state index in [-0.39, 0.29) is 4.75 Å². The van der Waals surface area contributed by atoms with Crippen molar-refractivity contribution in [3.05, 3.63) is 0 Å². The average molecular weight is 327 g/mol. The SMILES string of the molecule is CCCC[S+]([O-])C1(C)CCC(C2CCC(CCC)CC2)CC1. The molecule has 0 saturated heterocycles. The minimum atomic E-state index is -0.600. The van der Waals surface area contributed by atoms with Crippen LogP contribution in [-0.2, 0) is 11.2 Å². The van der Waals surface area contributed by atoms with Crippen LogP contribution in [-0.4, -0.2) is 15.1 Å². The Morgan fingerprint density at radius 1 is 0.909 bits per heavy atom. The number of hydrogen-bond donors (Lipinski definition) is 0. The van der Waals surface area contributed by atoms with Crippen molar-refractivity contribution in [2.45, 2.75) is 103 Å². The molecule has 2 rings (SSSR count).